The van der Waals surface area contributed by atoms with Crippen molar-refractivity contribution in [3.05, 3.63) is 23.9 Å². The number of likely N-dealkylation sites (tertiary alicyclic amines) is 1. The van der Waals surface area contributed by atoms with E-state index in [-0.39, 0.29) is 11.9 Å². The second kappa shape index (κ2) is 8.82. The van der Waals surface area contributed by atoms with Crippen LogP contribution in [0.4, 0.5) is 5.82 Å². The molecule has 6 nitrogen and oxygen atoms in total. The lowest BCUT2D eigenvalue weighted by Gasteiger charge is -2.36. The molecule has 3 heterocycles. The Balaban J connectivity index is 1.61. The van der Waals surface area contributed by atoms with E-state index < -0.39 is 0 Å². The third-order valence-corrected chi connectivity index (χ3v) is 5.20. The lowest BCUT2D eigenvalue weighted by molar-refractivity contribution is 0.0903. The lowest BCUT2D eigenvalue weighted by Crippen LogP contribution is -2.47. The molecule has 2 aliphatic rings. The van der Waals surface area contributed by atoms with Crippen molar-refractivity contribution >= 4 is 11.7 Å². The summed E-state index contributed by atoms with van der Waals surface area (Å²) >= 11 is 0. The van der Waals surface area contributed by atoms with E-state index in [1.807, 2.05) is 12.1 Å². The Morgan fingerprint density at radius 2 is 2.00 bits per heavy atom. The molecule has 2 fully saturated rings. The molecule has 1 N–H and O–H groups in total. The molecule has 0 radical (unpaired) electrons. The van der Waals surface area contributed by atoms with Crippen molar-refractivity contribution in [2.75, 3.05) is 50.8 Å². The molecule has 0 spiro atoms. The highest BCUT2D eigenvalue weighted by molar-refractivity contribution is 5.99. The van der Waals surface area contributed by atoms with Gasteiger partial charge in [-0.2, -0.15) is 0 Å². The standard InChI is InChI=1S/C20H32N4O2/c1-15-11-16(2)13-23(12-15)14-17(3)22-20(25)18-5-4-6-21-19(18)24-7-9-26-10-8-24/h4-6,15-17H,7-14H2,1-3H3,(H,22,25). The third kappa shape index (κ3) is 4.95. The molecule has 3 rings (SSSR count). The number of hydrogen-bond donors (Lipinski definition) is 1. The molecule has 0 bridgehead atoms. The maximum Gasteiger partial charge on any atom is 0.255 e. The van der Waals surface area contributed by atoms with E-state index in [2.05, 4.69) is 40.9 Å². The first-order chi connectivity index (χ1) is 12.5. The van der Waals surface area contributed by atoms with Crippen LogP contribution in [-0.4, -0.2) is 67.8 Å². The molecular formula is C20H32N4O2. The number of anilines is 1. The Morgan fingerprint density at radius 1 is 1.31 bits per heavy atom. The summed E-state index contributed by atoms with van der Waals surface area (Å²) in [6.45, 7) is 12.8. The van der Waals surface area contributed by atoms with E-state index in [1.54, 1.807) is 6.20 Å². The number of aromatic nitrogens is 1. The van der Waals surface area contributed by atoms with Gasteiger partial charge in [-0.1, -0.05) is 13.8 Å². The summed E-state index contributed by atoms with van der Waals surface area (Å²) in [5.74, 6) is 2.19. The monoisotopic (exact) mass is 360 g/mol. The number of morpholine rings is 1. The number of pyridine rings is 1. The van der Waals surface area contributed by atoms with Crippen LogP contribution in [0.3, 0.4) is 0 Å². The van der Waals surface area contributed by atoms with E-state index in [1.165, 1.54) is 6.42 Å². The summed E-state index contributed by atoms with van der Waals surface area (Å²) in [5.41, 5.74) is 0.654. The van der Waals surface area contributed by atoms with Crippen LogP contribution in [0.15, 0.2) is 18.3 Å². The second-order valence-electron chi connectivity index (χ2n) is 8.01. The van der Waals surface area contributed by atoms with Crippen molar-refractivity contribution in [1.82, 2.24) is 15.2 Å². The van der Waals surface area contributed by atoms with Crippen LogP contribution in [0.1, 0.15) is 37.6 Å². The topological polar surface area (TPSA) is 57.7 Å². The van der Waals surface area contributed by atoms with Gasteiger partial charge in [0.15, 0.2) is 0 Å². The average Bonchev–Trinajstić information content (AvgIpc) is 2.61. The van der Waals surface area contributed by atoms with Crippen LogP contribution in [0.2, 0.25) is 0 Å². The first-order valence-electron chi connectivity index (χ1n) is 9.84. The first kappa shape index (κ1) is 19.1. The number of rotatable bonds is 5. The van der Waals surface area contributed by atoms with Crippen LogP contribution >= 0.6 is 0 Å². The molecule has 2 saturated heterocycles. The Hall–Kier alpha value is -1.66. The molecule has 1 aromatic rings. The van der Waals surface area contributed by atoms with Gasteiger partial charge in [0.05, 0.1) is 18.8 Å². The molecule has 1 aromatic heterocycles. The Morgan fingerprint density at radius 3 is 2.69 bits per heavy atom. The molecule has 0 aliphatic carbocycles. The number of carbonyl (C=O) groups excluding carboxylic acids is 1. The minimum absolute atomic E-state index is 0.0369. The number of nitrogens with zero attached hydrogens (tertiary/aromatic N) is 3. The molecule has 0 aromatic carbocycles. The Bertz CT molecular complexity index is 593. The minimum atomic E-state index is -0.0369. The Labute approximate surface area is 156 Å². The number of ether oxygens (including phenoxy) is 1. The van der Waals surface area contributed by atoms with E-state index >= 15 is 0 Å². The van der Waals surface area contributed by atoms with Crippen molar-refractivity contribution in [2.45, 2.75) is 33.2 Å². The van der Waals surface area contributed by atoms with Crippen molar-refractivity contribution in [3.63, 3.8) is 0 Å². The van der Waals surface area contributed by atoms with Crippen molar-refractivity contribution in [3.8, 4) is 0 Å². The zero-order valence-corrected chi connectivity index (χ0v) is 16.3. The molecule has 0 saturated carbocycles. The largest absolute Gasteiger partial charge is 0.378 e. The highest BCUT2D eigenvalue weighted by Gasteiger charge is 2.25. The van der Waals surface area contributed by atoms with E-state index in [0.29, 0.717) is 18.8 Å². The molecule has 26 heavy (non-hydrogen) atoms. The molecule has 3 unspecified atom stereocenters. The minimum Gasteiger partial charge on any atom is -0.378 e. The van der Waals surface area contributed by atoms with Gasteiger partial charge in [-0.05, 0) is 37.3 Å². The van der Waals surface area contributed by atoms with Gasteiger partial charge in [-0.3, -0.25) is 4.79 Å². The van der Waals surface area contributed by atoms with Crippen LogP contribution < -0.4 is 10.2 Å². The number of nitrogens with one attached hydrogen (secondary N) is 1. The molecule has 1 amide bonds. The molecule has 6 heteroatoms. The highest BCUT2D eigenvalue weighted by Crippen LogP contribution is 2.21. The Kier molecular flexibility index (Phi) is 6.48. The summed E-state index contributed by atoms with van der Waals surface area (Å²) < 4.78 is 5.41. The lowest BCUT2D eigenvalue weighted by atomic mass is 9.92. The SMILES string of the molecule is CC1CC(C)CN(CC(C)NC(=O)c2cccnc2N2CCOCC2)C1. The van der Waals surface area contributed by atoms with Gasteiger partial charge in [-0.25, -0.2) is 4.98 Å². The van der Waals surface area contributed by atoms with Gasteiger partial charge < -0.3 is 19.9 Å². The zero-order chi connectivity index (χ0) is 18.5. The van der Waals surface area contributed by atoms with Gasteiger partial charge in [0.1, 0.15) is 5.82 Å². The third-order valence-electron chi connectivity index (χ3n) is 5.20. The number of amides is 1. The van der Waals surface area contributed by atoms with E-state index in [0.717, 1.165) is 50.4 Å². The molecule has 2 aliphatic heterocycles. The number of piperidine rings is 1. The second-order valence-corrected chi connectivity index (χ2v) is 8.01. The highest BCUT2D eigenvalue weighted by atomic mass is 16.5. The summed E-state index contributed by atoms with van der Waals surface area (Å²) in [6, 6.07) is 3.81. The zero-order valence-electron chi connectivity index (χ0n) is 16.3. The van der Waals surface area contributed by atoms with Crippen LogP contribution in [-0.2, 0) is 4.74 Å². The quantitative estimate of drug-likeness (QED) is 0.871. The predicted molar refractivity (Wildman–Crippen MR) is 104 cm³/mol. The summed E-state index contributed by atoms with van der Waals surface area (Å²) in [6.07, 6.45) is 3.05. The first-order valence-corrected chi connectivity index (χ1v) is 9.84. The smallest absolute Gasteiger partial charge is 0.255 e. The number of hydrogen-bond acceptors (Lipinski definition) is 5. The number of carbonyl (C=O) groups is 1. The molecule has 144 valence electrons. The van der Waals surface area contributed by atoms with Crippen molar-refractivity contribution in [2.24, 2.45) is 11.8 Å². The van der Waals surface area contributed by atoms with Crippen LogP contribution in [0.5, 0.6) is 0 Å². The van der Waals surface area contributed by atoms with Gasteiger partial charge in [0, 0.05) is 45.0 Å². The fraction of sp³-hybridized carbons (Fsp3) is 0.700. The molecule has 3 atom stereocenters. The van der Waals surface area contributed by atoms with Crippen molar-refractivity contribution < 1.29 is 9.53 Å². The average molecular weight is 361 g/mol. The fourth-order valence-corrected chi connectivity index (χ4v) is 4.28. The van der Waals surface area contributed by atoms with Gasteiger partial charge in [0.25, 0.3) is 5.91 Å². The molecular weight excluding hydrogens is 328 g/mol. The maximum atomic E-state index is 12.9. The van der Waals surface area contributed by atoms with Crippen LogP contribution in [0.25, 0.3) is 0 Å². The maximum absolute atomic E-state index is 12.9. The predicted octanol–water partition coefficient (Wildman–Crippen LogP) is 2.01. The van der Waals surface area contributed by atoms with Gasteiger partial charge in [0.2, 0.25) is 0 Å². The summed E-state index contributed by atoms with van der Waals surface area (Å²) in [7, 11) is 0. The van der Waals surface area contributed by atoms with Crippen molar-refractivity contribution in [1.29, 1.82) is 0 Å². The van der Waals surface area contributed by atoms with Gasteiger partial charge in [-0.15, -0.1) is 0 Å². The van der Waals surface area contributed by atoms with Gasteiger partial charge >= 0.3 is 0 Å². The summed E-state index contributed by atoms with van der Waals surface area (Å²) in [5, 5.41) is 3.17. The summed E-state index contributed by atoms with van der Waals surface area (Å²) in [4.78, 5) is 21.9. The van der Waals surface area contributed by atoms with E-state index in [4.69, 9.17) is 4.74 Å². The normalized spacial score (nSPS) is 25.7. The van der Waals surface area contributed by atoms with Crippen LogP contribution in [0, 0.1) is 11.8 Å². The fourth-order valence-electron chi connectivity index (χ4n) is 4.28. The van der Waals surface area contributed by atoms with E-state index in [9.17, 15) is 4.79 Å².